The first kappa shape index (κ1) is 25.8. The number of aromatic nitrogens is 2. The molecule has 0 aliphatic heterocycles. The van der Waals surface area contributed by atoms with E-state index in [1.165, 1.54) is 18.4 Å². The van der Waals surface area contributed by atoms with Crippen LogP contribution >= 0.6 is 0 Å². The second-order valence-electron chi connectivity index (χ2n) is 8.37. The number of hydrogen-bond acceptors (Lipinski definition) is 8. The Bertz CT molecular complexity index is 1490. The van der Waals surface area contributed by atoms with Gasteiger partial charge < -0.3 is 10.6 Å². The highest BCUT2D eigenvalue weighted by molar-refractivity contribution is 7.90. The molecule has 0 saturated heterocycles. The summed E-state index contributed by atoms with van der Waals surface area (Å²) in [6, 6.07) is 24.3. The molecule has 4 rings (SSSR count). The average Bonchev–Trinajstić information content (AvgIpc) is 2.87. The second-order valence-corrected chi connectivity index (χ2v) is 10.4. The van der Waals surface area contributed by atoms with Gasteiger partial charge in [0.2, 0.25) is 5.95 Å². The summed E-state index contributed by atoms with van der Waals surface area (Å²) < 4.78 is 36.9. The highest BCUT2D eigenvalue weighted by Crippen LogP contribution is 2.19. The van der Waals surface area contributed by atoms with Crippen LogP contribution in [-0.2, 0) is 16.3 Å². The van der Waals surface area contributed by atoms with Crippen LogP contribution in [0, 0.1) is 5.82 Å². The van der Waals surface area contributed by atoms with Crippen molar-refractivity contribution in [3.05, 3.63) is 102 Å². The normalized spacial score (nSPS) is 11.7. The molecule has 0 atom stereocenters. The Morgan fingerprint density at radius 2 is 1.65 bits per heavy atom. The molecule has 8 nitrogen and oxygen atoms in total. The van der Waals surface area contributed by atoms with Crippen LogP contribution in [0.2, 0.25) is 0 Å². The van der Waals surface area contributed by atoms with Gasteiger partial charge in [-0.2, -0.15) is 15.1 Å². The van der Waals surface area contributed by atoms with E-state index in [2.05, 4.69) is 31.1 Å². The number of para-hydroxylation sites is 1. The molecule has 0 amide bonds. The van der Waals surface area contributed by atoms with E-state index < -0.39 is 9.84 Å². The van der Waals surface area contributed by atoms with Crippen LogP contribution in [0.5, 0.6) is 0 Å². The van der Waals surface area contributed by atoms with Gasteiger partial charge in [0.15, 0.2) is 15.7 Å². The fraction of sp³-hybridized carbons (Fsp3) is 0.148. The van der Waals surface area contributed by atoms with Gasteiger partial charge in [0.25, 0.3) is 0 Å². The summed E-state index contributed by atoms with van der Waals surface area (Å²) in [6.07, 6.45) is 1.79. The van der Waals surface area contributed by atoms with E-state index in [1.807, 2.05) is 43.3 Å². The zero-order valence-electron chi connectivity index (χ0n) is 20.4. The number of halogens is 1. The molecule has 1 heterocycles. The van der Waals surface area contributed by atoms with Crippen molar-refractivity contribution in [3.8, 4) is 0 Å². The molecular formula is C27H27FN6O2S. The van der Waals surface area contributed by atoms with E-state index >= 15 is 0 Å². The van der Waals surface area contributed by atoms with Gasteiger partial charge in [-0.25, -0.2) is 12.8 Å². The van der Waals surface area contributed by atoms with E-state index in [0.717, 1.165) is 16.8 Å². The van der Waals surface area contributed by atoms with Crippen molar-refractivity contribution in [3.63, 3.8) is 0 Å². The summed E-state index contributed by atoms with van der Waals surface area (Å²) >= 11 is 0. The molecule has 4 aromatic rings. The van der Waals surface area contributed by atoms with Crippen LogP contribution in [0.15, 0.2) is 94.9 Å². The number of sulfone groups is 1. The molecule has 0 radical (unpaired) electrons. The summed E-state index contributed by atoms with van der Waals surface area (Å²) in [6.45, 7) is 2.35. The lowest BCUT2D eigenvalue weighted by molar-refractivity contribution is 0.602. The SMILES string of the molecule is CC(=NNc1cc(NCCc2cccc(F)c2)nc(Nc2ccccc2)n1)c1ccc(S(C)(=O)=O)cc1. The third kappa shape index (κ3) is 7.58. The van der Waals surface area contributed by atoms with E-state index in [9.17, 15) is 12.8 Å². The molecule has 0 saturated carbocycles. The van der Waals surface area contributed by atoms with Gasteiger partial charge in [-0.1, -0.05) is 42.5 Å². The zero-order valence-corrected chi connectivity index (χ0v) is 21.3. The molecule has 3 aromatic carbocycles. The molecule has 0 spiro atoms. The van der Waals surface area contributed by atoms with Crippen LogP contribution in [0.4, 0.5) is 27.7 Å². The maximum absolute atomic E-state index is 13.5. The summed E-state index contributed by atoms with van der Waals surface area (Å²) in [5, 5.41) is 10.9. The molecule has 0 aliphatic carbocycles. The quantitative estimate of drug-likeness (QED) is 0.194. The second kappa shape index (κ2) is 11.6. The Morgan fingerprint density at radius 3 is 2.35 bits per heavy atom. The average molecular weight is 519 g/mol. The lowest BCUT2D eigenvalue weighted by Crippen LogP contribution is -2.10. The van der Waals surface area contributed by atoms with Crippen LogP contribution in [-0.4, -0.2) is 36.9 Å². The zero-order chi connectivity index (χ0) is 26.3. The number of nitrogens with zero attached hydrogens (tertiary/aromatic N) is 3. The van der Waals surface area contributed by atoms with Crippen molar-refractivity contribution in [2.45, 2.75) is 18.2 Å². The molecule has 0 unspecified atom stereocenters. The number of hydrazone groups is 1. The van der Waals surface area contributed by atoms with Crippen molar-refractivity contribution in [1.29, 1.82) is 0 Å². The predicted molar refractivity (Wildman–Crippen MR) is 146 cm³/mol. The van der Waals surface area contributed by atoms with E-state index in [-0.39, 0.29) is 10.7 Å². The van der Waals surface area contributed by atoms with Crippen molar-refractivity contribution in [2.24, 2.45) is 5.10 Å². The number of nitrogens with one attached hydrogen (secondary N) is 3. The van der Waals surface area contributed by atoms with Gasteiger partial charge in [-0.15, -0.1) is 0 Å². The first-order valence-corrected chi connectivity index (χ1v) is 13.5. The molecular weight excluding hydrogens is 491 g/mol. The van der Waals surface area contributed by atoms with Gasteiger partial charge in [0.1, 0.15) is 11.6 Å². The Labute approximate surface area is 215 Å². The van der Waals surface area contributed by atoms with E-state index in [1.54, 1.807) is 36.4 Å². The molecule has 0 aliphatic rings. The van der Waals surface area contributed by atoms with Crippen LogP contribution in [0.25, 0.3) is 0 Å². The lowest BCUT2D eigenvalue weighted by atomic mass is 10.1. The maximum atomic E-state index is 13.5. The maximum Gasteiger partial charge on any atom is 0.231 e. The van der Waals surface area contributed by atoms with Crippen molar-refractivity contribution < 1.29 is 12.8 Å². The Balaban J connectivity index is 1.51. The van der Waals surface area contributed by atoms with Gasteiger partial charge in [-0.3, -0.25) is 5.43 Å². The minimum atomic E-state index is -3.27. The first-order chi connectivity index (χ1) is 17.8. The highest BCUT2D eigenvalue weighted by atomic mass is 32.2. The van der Waals surface area contributed by atoms with Gasteiger partial charge in [-0.05, 0) is 60.9 Å². The molecule has 3 N–H and O–H groups in total. The third-order valence-corrected chi connectivity index (χ3v) is 6.53. The first-order valence-electron chi connectivity index (χ1n) is 11.6. The largest absolute Gasteiger partial charge is 0.370 e. The fourth-order valence-corrected chi connectivity index (χ4v) is 4.11. The van der Waals surface area contributed by atoms with E-state index in [0.29, 0.717) is 36.3 Å². The number of hydrogen-bond donors (Lipinski definition) is 3. The lowest BCUT2D eigenvalue weighted by Gasteiger charge is -2.12. The summed E-state index contributed by atoms with van der Waals surface area (Å²) in [7, 11) is -3.27. The molecule has 0 bridgehead atoms. The van der Waals surface area contributed by atoms with Gasteiger partial charge in [0.05, 0.1) is 10.6 Å². The van der Waals surface area contributed by atoms with Crippen LogP contribution < -0.4 is 16.1 Å². The summed E-state index contributed by atoms with van der Waals surface area (Å²) in [4.78, 5) is 9.30. The third-order valence-electron chi connectivity index (χ3n) is 5.40. The van der Waals surface area contributed by atoms with Crippen molar-refractivity contribution in [1.82, 2.24) is 9.97 Å². The van der Waals surface area contributed by atoms with E-state index in [4.69, 9.17) is 0 Å². The van der Waals surface area contributed by atoms with Crippen molar-refractivity contribution in [2.75, 3.05) is 28.9 Å². The monoisotopic (exact) mass is 518 g/mol. The van der Waals surface area contributed by atoms with Crippen molar-refractivity contribution >= 4 is 38.8 Å². The fourth-order valence-electron chi connectivity index (χ4n) is 3.48. The highest BCUT2D eigenvalue weighted by Gasteiger charge is 2.09. The number of anilines is 4. The molecule has 190 valence electrons. The smallest absolute Gasteiger partial charge is 0.231 e. The Kier molecular flexibility index (Phi) is 8.09. The Morgan fingerprint density at radius 1 is 0.919 bits per heavy atom. The Hall–Kier alpha value is -4.31. The van der Waals surface area contributed by atoms with Gasteiger partial charge >= 0.3 is 0 Å². The summed E-state index contributed by atoms with van der Waals surface area (Å²) in [5.41, 5.74) is 6.09. The van der Waals surface area contributed by atoms with Gasteiger partial charge in [0, 0.05) is 24.6 Å². The number of rotatable bonds is 10. The molecule has 0 fully saturated rings. The predicted octanol–water partition coefficient (Wildman–Crippen LogP) is 5.25. The number of benzene rings is 3. The standard InChI is InChI=1S/C27H27FN6O2S/c1-19(21-11-13-24(14-12-21)37(2,35)36)33-34-26-18-25(29-16-15-20-7-6-8-22(28)17-20)31-27(32-26)30-23-9-4-3-5-10-23/h3-14,17-18H,15-16H2,1-2H3,(H3,29,30,31,32,34). The minimum absolute atomic E-state index is 0.249. The van der Waals surface area contributed by atoms with Crippen LogP contribution in [0.3, 0.4) is 0 Å². The molecule has 10 heteroatoms. The summed E-state index contributed by atoms with van der Waals surface area (Å²) in [5.74, 6) is 1.13. The van der Waals surface area contributed by atoms with Crippen LogP contribution in [0.1, 0.15) is 18.1 Å². The molecule has 37 heavy (non-hydrogen) atoms. The minimum Gasteiger partial charge on any atom is -0.370 e. The topological polar surface area (TPSA) is 108 Å². The molecule has 1 aromatic heterocycles.